The molecule has 0 aromatic carbocycles. The third kappa shape index (κ3) is 8.39. The predicted octanol–water partition coefficient (Wildman–Crippen LogP) is 5.16. The lowest BCUT2D eigenvalue weighted by atomic mass is 9.88. The molecule has 1 N–H and O–H groups in total. The SMILES string of the molecule is CCCCCC1(/C=C/[C@@H]2CC[C@H](O)[C@H]2CCCCCCC(=O)OCC)OCCO1. The molecule has 2 rings (SSSR count). The van der Waals surface area contributed by atoms with Crippen LogP contribution >= 0.6 is 0 Å². The van der Waals surface area contributed by atoms with Crippen LogP contribution in [-0.4, -0.2) is 42.8 Å². The minimum Gasteiger partial charge on any atom is -0.466 e. The fourth-order valence-electron chi connectivity index (χ4n) is 4.64. The van der Waals surface area contributed by atoms with Crippen LogP contribution in [0.15, 0.2) is 12.2 Å². The monoisotopic (exact) mass is 410 g/mol. The standard InChI is InChI=1S/C24H42O5/c1-3-5-10-16-24(28-18-19-29-24)17-15-20-13-14-22(25)21(20)11-8-6-7-9-12-23(26)27-4-2/h15,17,20-22,25H,3-14,16,18-19H2,1-2H3/b17-15+/t20-,21-,22-/m0/s1. The first-order valence-corrected chi connectivity index (χ1v) is 11.9. The van der Waals surface area contributed by atoms with E-state index in [1.54, 1.807) is 0 Å². The molecular formula is C24H42O5. The number of aliphatic hydroxyl groups excluding tert-OH is 1. The van der Waals surface area contributed by atoms with Gasteiger partial charge in [-0.2, -0.15) is 0 Å². The number of carbonyl (C=O) groups is 1. The van der Waals surface area contributed by atoms with Gasteiger partial charge in [0, 0.05) is 12.8 Å². The molecule has 0 aromatic rings. The topological polar surface area (TPSA) is 65.0 Å². The van der Waals surface area contributed by atoms with E-state index >= 15 is 0 Å². The Kier molecular flexibility index (Phi) is 11.3. The Morgan fingerprint density at radius 3 is 2.55 bits per heavy atom. The van der Waals surface area contributed by atoms with Crippen molar-refractivity contribution in [3.8, 4) is 0 Å². The third-order valence-electron chi connectivity index (χ3n) is 6.32. The molecule has 0 aromatic heterocycles. The average molecular weight is 411 g/mol. The summed E-state index contributed by atoms with van der Waals surface area (Å²) >= 11 is 0. The Morgan fingerprint density at radius 1 is 1.07 bits per heavy atom. The number of aliphatic hydroxyl groups is 1. The van der Waals surface area contributed by atoms with Gasteiger partial charge in [-0.1, -0.05) is 45.1 Å². The van der Waals surface area contributed by atoms with Crippen LogP contribution < -0.4 is 0 Å². The molecule has 0 spiro atoms. The van der Waals surface area contributed by atoms with Crippen molar-refractivity contribution >= 4 is 5.97 Å². The highest BCUT2D eigenvalue weighted by Gasteiger charge is 2.36. The summed E-state index contributed by atoms with van der Waals surface area (Å²) < 4.78 is 16.9. The molecule has 0 radical (unpaired) electrons. The summed E-state index contributed by atoms with van der Waals surface area (Å²) in [4.78, 5) is 11.4. The maximum absolute atomic E-state index is 11.4. The van der Waals surface area contributed by atoms with E-state index in [4.69, 9.17) is 14.2 Å². The van der Waals surface area contributed by atoms with Crippen LogP contribution in [0.1, 0.15) is 90.9 Å². The number of rotatable bonds is 14. The molecule has 3 atom stereocenters. The van der Waals surface area contributed by atoms with Crippen LogP contribution in [0.4, 0.5) is 0 Å². The summed E-state index contributed by atoms with van der Waals surface area (Å²) in [5, 5.41) is 10.5. The van der Waals surface area contributed by atoms with Crippen molar-refractivity contribution in [2.75, 3.05) is 19.8 Å². The van der Waals surface area contributed by atoms with Gasteiger partial charge in [-0.25, -0.2) is 0 Å². The first-order chi connectivity index (χ1) is 14.1. The lowest BCUT2D eigenvalue weighted by Crippen LogP contribution is -2.28. The lowest BCUT2D eigenvalue weighted by Gasteiger charge is -2.25. The Labute approximate surface area is 177 Å². The van der Waals surface area contributed by atoms with Gasteiger partial charge >= 0.3 is 5.97 Å². The summed E-state index contributed by atoms with van der Waals surface area (Å²) in [5.74, 6) is 0.0966. The average Bonchev–Trinajstić information content (AvgIpc) is 3.31. The van der Waals surface area contributed by atoms with Crippen molar-refractivity contribution in [3.05, 3.63) is 12.2 Å². The van der Waals surface area contributed by atoms with E-state index < -0.39 is 5.79 Å². The van der Waals surface area contributed by atoms with Crippen LogP contribution in [0.5, 0.6) is 0 Å². The van der Waals surface area contributed by atoms with E-state index in [2.05, 4.69) is 19.1 Å². The van der Waals surface area contributed by atoms with E-state index in [1.165, 1.54) is 12.8 Å². The van der Waals surface area contributed by atoms with Crippen LogP contribution in [0, 0.1) is 11.8 Å². The normalized spacial score (nSPS) is 26.4. The molecule has 2 aliphatic rings. The quantitative estimate of drug-likeness (QED) is 0.243. The zero-order chi connectivity index (χ0) is 21.0. The Morgan fingerprint density at radius 2 is 1.83 bits per heavy atom. The van der Waals surface area contributed by atoms with Crippen molar-refractivity contribution in [1.29, 1.82) is 0 Å². The largest absolute Gasteiger partial charge is 0.466 e. The highest BCUT2D eigenvalue weighted by Crippen LogP contribution is 2.38. The van der Waals surface area contributed by atoms with E-state index in [0.717, 1.165) is 57.8 Å². The predicted molar refractivity (Wildman–Crippen MR) is 114 cm³/mol. The van der Waals surface area contributed by atoms with Crippen molar-refractivity contribution in [2.24, 2.45) is 11.8 Å². The van der Waals surface area contributed by atoms with E-state index in [0.29, 0.717) is 38.1 Å². The van der Waals surface area contributed by atoms with Gasteiger partial charge in [-0.15, -0.1) is 0 Å². The maximum Gasteiger partial charge on any atom is 0.305 e. The zero-order valence-corrected chi connectivity index (χ0v) is 18.6. The molecule has 1 aliphatic carbocycles. The second kappa shape index (κ2) is 13.4. The zero-order valence-electron chi connectivity index (χ0n) is 18.6. The van der Waals surface area contributed by atoms with Gasteiger partial charge < -0.3 is 19.3 Å². The molecule has 0 unspecified atom stereocenters. The number of allylic oxidation sites excluding steroid dienone is 1. The second-order valence-corrected chi connectivity index (χ2v) is 8.56. The molecule has 0 amide bonds. The van der Waals surface area contributed by atoms with Gasteiger partial charge in [0.15, 0.2) is 5.79 Å². The molecule has 1 heterocycles. The number of carbonyl (C=O) groups excluding carboxylic acids is 1. The highest BCUT2D eigenvalue weighted by molar-refractivity contribution is 5.69. The molecule has 1 aliphatic heterocycles. The molecule has 2 fully saturated rings. The number of esters is 1. The summed E-state index contributed by atoms with van der Waals surface area (Å²) in [6.45, 7) is 5.84. The number of ether oxygens (including phenoxy) is 3. The Bertz CT molecular complexity index is 484. The fraction of sp³-hybridized carbons (Fsp3) is 0.875. The molecule has 5 heteroatoms. The maximum atomic E-state index is 11.4. The molecule has 1 saturated carbocycles. The second-order valence-electron chi connectivity index (χ2n) is 8.56. The van der Waals surface area contributed by atoms with Crippen LogP contribution in [0.3, 0.4) is 0 Å². The van der Waals surface area contributed by atoms with E-state index in [1.807, 2.05) is 6.92 Å². The van der Waals surface area contributed by atoms with Crippen molar-refractivity contribution in [2.45, 2.75) is 103 Å². The Balaban J connectivity index is 1.75. The minimum absolute atomic E-state index is 0.0897. The number of hydrogen-bond donors (Lipinski definition) is 1. The number of unbranched alkanes of at least 4 members (excludes halogenated alkanes) is 5. The first-order valence-electron chi connectivity index (χ1n) is 11.9. The molecule has 1 saturated heterocycles. The van der Waals surface area contributed by atoms with Crippen LogP contribution in [0.2, 0.25) is 0 Å². The van der Waals surface area contributed by atoms with Gasteiger partial charge in [0.25, 0.3) is 0 Å². The summed E-state index contributed by atoms with van der Waals surface area (Å²) in [7, 11) is 0. The van der Waals surface area contributed by atoms with Crippen LogP contribution in [-0.2, 0) is 19.0 Å². The summed E-state index contributed by atoms with van der Waals surface area (Å²) in [5.41, 5.74) is 0. The summed E-state index contributed by atoms with van der Waals surface area (Å²) in [6, 6.07) is 0. The van der Waals surface area contributed by atoms with Crippen molar-refractivity contribution < 1.29 is 24.1 Å². The third-order valence-corrected chi connectivity index (χ3v) is 6.32. The molecule has 29 heavy (non-hydrogen) atoms. The van der Waals surface area contributed by atoms with Gasteiger partial charge in [-0.05, 0) is 56.9 Å². The minimum atomic E-state index is -0.541. The molecule has 5 nitrogen and oxygen atoms in total. The van der Waals surface area contributed by atoms with Crippen LogP contribution in [0.25, 0.3) is 0 Å². The van der Waals surface area contributed by atoms with E-state index in [9.17, 15) is 9.90 Å². The molecular weight excluding hydrogens is 368 g/mol. The highest BCUT2D eigenvalue weighted by atomic mass is 16.7. The molecule has 0 bridgehead atoms. The first kappa shape index (κ1) is 24.4. The van der Waals surface area contributed by atoms with Gasteiger partial charge in [-0.3, -0.25) is 4.79 Å². The lowest BCUT2D eigenvalue weighted by molar-refractivity contribution is -0.143. The fourth-order valence-corrected chi connectivity index (χ4v) is 4.64. The van der Waals surface area contributed by atoms with E-state index in [-0.39, 0.29) is 12.1 Å². The molecule has 168 valence electrons. The van der Waals surface area contributed by atoms with Crippen molar-refractivity contribution in [3.63, 3.8) is 0 Å². The van der Waals surface area contributed by atoms with Crippen molar-refractivity contribution in [1.82, 2.24) is 0 Å². The van der Waals surface area contributed by atoms with Gasteiger partial charge in [0.05, 0.1) is 25.9 Å². The summed E-state index contributed by atoms with van der Waals surface area (Å²) in [6.07, 6.45) is 16.2. The Hall–Kier alpha value is -0.910. The number of hydrogen-bond acceptors (Lipinski definition) is 5. The van der Waals surface area contributed by atoms with Gasteiger partial charge in [0.1, 0.15) is 0 Å². The smallest absolute Gasteiger partial charge is 0.305 e. The van der Waals surface area contributed by atoms with Gasteiger partial charge in [0.2, 0.25) is 0 Å².